The van der Waals surface area contributed by atoms with Crippen molar-refractivity contribution in [1.29, 1.82) is 0 Å². The van der Waals surface area contributed by atoms with Gasteiger partial charge < -0.3 is 14.8 Å². The molecule has 1 N–H and O–H groups in total. The van der Waals surface area contributed by atoms with Crippen LogP contribution in [0.4, 0.5) is 0 Å². The molecule has 0 aliphatic rings. The van der Waals surface area contributed by atoms with E-state index in [2.05, 4.69) is 61.3 Å². The maximum absolute atomic E-state index is 6.11. The molecule has 0 amide bonds. The van der Waals surface area contributed by atoms with E-state index in [1.54, 1.807) is 7.11 Å². The summed E-state index contributed by atoms with van der Waals surface area (Å²) in [6, 6.07) is 14.8. The molecule has 2 aromatic rings. The molecule has 1 atom stereocenters. The fourth-order valence-electron chi connectivity index (χ4n) is 3.75. The van der Waals surface area contributed by atoms with Crippen molar-refractivity contribution in [2.24, 2.45) is 0 Å². The first-order chi connectivity index (χ1) is 16.0. The van der Waals surface area contributed by atoms with Gasteiger partial charge in [0.15, 0.2) is 11.5 Å². The lowest BCUT2D eigenvalue weighted by Crippen LogP contribution is -2.30. The van der Waals surface area contributed by atoms with Crippen LogP contribution < -0.4 is 14.8 Å². The minimum atomic E-state index is 0.417. The van der Waals surface area contributed by atoms with Gasteiger partial charge in [-0.1, -0.05) is 56.5 Å². The van der Waals surface area contributed by atoms with Crippen molar-refractivity contribution in [3.63, 3.8) is 0 Å². The van der Waals surface area contributed by atoms with Gasteiger partial charge in [-0.25, -0.2) is 0 Å². The number of methoxy groups -OCH3 is 1. The third-order valence-electron chi connectivity index (χ3n) is 5.98. The van der Waals surface area contributed by atoms with Gasteiger partial charge in [0.25, 0.3) is 0 Å². The van der Waals surface area contributed by atoms with Crippen molar-refractivity contribution in [2.45, 2.75) is 71.9 Å². The quantitative estimate of drug-likeness (QED) is 0.275. The Kier molecular flexibility index (Phi) is 13.3. The molecule has 5 heteroatoms. The molecule has 2 rings (SSSR count). The molecule has 184 valence electrons. The van der Waals surface area contributed by atoms with E-state index in [4.69, 9.17) is 21.1 Å². The summed E-state index contributed by atoms with van der Waals surface area (Å²) in [7, 11) is 1.72. The van der Waals surface area contributed by atoms with Gasteiger partial charge in [-0.05, 0) is 81.1 Å². The van der Waals surface area contributed by atoms with Gasteiger partial charge >= 0.3 is 0 Å². The summed E-state index contributed by atoms with van der Waals surface area (Å²) in [5.41, 5.74) is 2.52. The molecule has 0 saturated heterocycles. The van der Waals surface area contributed by atoms with Crippen molar-refractivity contribution in [1.82, 2.24) is 10.2 Å². The third kappa shape index (κ3) is 10.8. The normalized spacial score (nSPS) is 12.2. The van der Waals surface area contributed by atoms with Crippen LogP contribution in [0.15, 0.2) is 42.5 Å². The Morgan fingerprint density at radius 3 is 2.21 bits per heavy atom. The van der Waals surface area contributed by atoms with Crippen molar-refractivity contribution in [3.8, 4) is 11.5 Å². The second-order valence-corrected chi connectivity index (χ2v) is 9.27. The first kappa shape index (κ1) is 27.5. The number of nitrogens with one attached hydrogen (secondary N) is 1. The molecule has 0 aliphatic heterocycles. The number of nitrogens with zero attached hydrogens (tertiary/aromatic N) is 1. The van der Waals surface area contributed by atoms with Gasteiger partial charge in [0.1, 0.15) is 6.61 Å². The van der Waals surface area contributed by atoms with Crippen LogP contribution in [-0.2, 0) is 13.0 Å². The number of halogens is 1. The maximum Gasteiger partial charge on any atom is 0.161 e. The lowest BCUT2D eigenvalue weighted by atomic mass is 10.1. The third-order valence-corrected chi connectivity index (χ3v) is 6.23. The zero-order chi connectivity index (χ0) is 23.9. The highest BCUT2D eigenvalue weighted by Gasteiger charge is 2.10. The van der Waals surface area contributed by atoms with Gasteiger partial charge in [0.05, 0.1) is 7.11 Å². The molecule has 0 radical (unpaired) electrons. The van der Waals surface area contributed by atoms with E-state index in [0.717, 1.165) is 55.5 Å². The first-order valence-corrected chi connectivity index (χ1v) is 12.9. The fraction of sp³-hybridized carbons (Fsp3) is 0.571. The van der Waals surface area contributed by atoms with Crippen molar-refractivity contribution in [3.05, 3.63) is 58.6 Å². The predicted octanol–water partition coefficient (Wildman–Crippen LogP) is 6.74. The first-order valence-electron chi connectivity index (χ1n) is 12.6. The van der Waals surface area contributed by atoms with Gasteiger partial charge in [-0.15, -0.1) is 0 Å². The molecule has 2 aromatic carbocycles. The van der Waals surface area contributed by atoms with Gasteiger partial charge in [0, 0.05) is 24.2 Å². The summed E-state index contributed by atoms with van der Waals surface area (Å²) in [5.74, 6) is 1.66. The average Bonchev–Trinajstić information content (AvgIpc) is 2.84. The summed E-state index contributed by atoms with van der Waals surface area (Å²) in [6.45, 7) is 11.5. The van der Waals surface area contributed by atoms with Crippen LogP contribution >= 0.6 is 11.6 Å². The number of hydrogen-bond donors (Lipinski definition) is 1. The topological polar surface area (TPSA) is 33.7 Å². The van der Waals surface area contributed by atoms with Crippen molar-refractivity contribution >= 4 is 11.6 Å². The Bertz CT molecular complexity index is 774. The van der Waals surface area contributed by atoms with Gasteiger partial charge in [0.2, 0.25) is 0 Å². The van der Waals surface area contributed by atoms with Crippen LogP contribution in [0.3, 0.4) is 0 Å². The number of unbranched alkanes of at least 4 members (excludes halogenated alkanes) is 2. The Morgan fingerprint density at radius 1 is 0.909 bits per heavy atom. The Hall–Kier alpha value is -1.75. The molecule has 0 spiro atoms. The van der Waals surface area contributed by atoms with E-state index >= 15 is 0 Å². The molecular weight excluding hydrogens is 432 g/mol. The van der Waals surface area contributed by atoms with E-state index in [1.807, 2.05) is 12.1 Å². The molecule has 0 aliphatic carbocycles. The summed E-state index contributed by atoms with van der Waals surface area (Å²) in [5, 5.41) is 4.37. The van der Waals surface area contributed by atoms with Crippen LogP contribution in [-0.4, -0.2) is 44.3 Å². The highest BCUT2D eigenvalue weighted by atomic mass is 35.5. The average molecular weight is 475 g/mol. The van der Waals surface area contributed by atoms with Gasteiger partial charge in [-0.3, -0.25) is 4.90 Å². The largest absolute Gasteiger partial charge is 0.493 e. The van der Waals surface area contributed by atoms with Crippen molar-refractivity contribution < 1.29 is 9.47 Å². The predicted molar refractivity (Wildman–Crippen MR) is 141 cm³/mol. The zero-order valence-electron chi connectivity index (χ0n) is 21.0. The zero-order valence-corrected chi connectivity index (χ0v) is 21.8. The van der Waals surface area contributed by atoms with Crippen LogP contribution in [0, 0.1) is 0 Å². The standard InChI is InChI=1S/C28H43ClN2O2/c1-5-7-17-31(18-8-6-2)19-20-33-27-16-13-24(21-28(27)32-4)10-9-23(3)30-22-25-11-14-26(29)15-12-25/h11-16,21,23,30H,5-10,17-20,22H2,1-4H3. The smallest absolute Gasteiger partial charge is 0.161 e. The number of rotatable bonds is 17. The molecule has 0 aromatic heterocycles. The van der Waals surface area contributed by atoms with Crippen LogP contribution in [0.2, 0.25) is 5.02 Å². The lowest BCUT2D eigenvalue weighted by molar-refractivity contribution is 0.200. The molecule has 0 fully saturated rings. The molecule has 1 unspecified atom stereocenters. The Morgan fingerprint density at radius 2 is 1.58 bits per heavy atom. The van der Waals surface area contributed by atoms with Crippen molar-refractivity contribution in [2.75, 3.05) is 33.4 Å². The Labute approximate surface area is 206 Å². The second-order valence-electron chi connectivity index (χ2n) is 8.83. The van der Waals surface area contributed by atoms with E-state index in [9.17, 15) is 0 Å². The van der Waals surface area contributed by atoms with E-state index < -0.39 is 0 Å². The number of ether oxygens (including phenoxy) is 2. The highest BCUT2D eigenvalue weighted by molar-refractivity contribution is 6.30. The molecule has 0 bridgehead atoms. The van der Waals surface area contributed by atoms with Gasteiger partial charge in [-0.2, -0.15) is 0 Å². The van der Waals surface area contributed by atoms with Crippen LogP contribution in [0.25, 0.3) is 0 Å². The summed E-state index contributed by atoms with van der Waals surface area (Å²) in [4.78, 5) is 2.52. The molecule has 4 nitrogen and oxygen atoms in total. The molecule has 0 saturated carbocycles. The maximum atomic E-state index is 6.11. The molecular formula is C28H43ClN2O2. The highest BCUT2D eigenvalue weighted by Crippen LogP contribution is 2.28. The summed E-state index contributed by atoms with van der Waals surface area (Å²) in [6.07, 6.45) is 7.00. The number of aryl methyl sites for hydroxylation is 1. The summed E-state index contributed by atoms with van der Waals surface area (Å²) >= 11 is 5.96. The SMILES string of the molecule is CCCCN(CCCC)CCOc1ccc(CCC(C)NCc2ccc(Cl)cc2)cc1OC. The monoisotopic (exact) mass is 474 g/mol. The summed E-state index contributed by atoms with van der Waals surface area (Å²) < 4.78 is 11.7. The molecule has 33 heavy (non-hydrogen) atoms. The van der Waals surface area contributed by atoms with E-state index in [1.165, 1.54) is 36.8 Å². The lowest BCUT2D eigenvalue weighted by Gasteiger charge is -2.22. The molecule has 0 heterocycles. The second kappa shape index (κ2) is 16.0. The van der Waals surface area contributed by atoms with Crippen LogP contribution in [0.1, 0.15) is 64.0 Å². The Balaban J connectivity index is 1.79. The van der Waals surface area contributed by atoms with Crippen LogP contribution in [0.5, 0.6) is 11.5 Å². The minimum Gasteiger partial charge on any atom is -0.493 e. The number of benzene rings is 2. The minimum absolute atomic E-state index is 0.417. The van der Waals surface area contributed by atoms with E-state index in [-0.39, 0.29) is 0 Å². The number of hydrogen-bond acceptors (Lipinski definition) is 4. The fourth-order valence-corrected chi connectivity index (χ4v) is 3.88. The van der Waals surface area contributed by atoms with E-state index in [0.29, 0.717) is 12.6 Å².